The molecule has 0 aromatic heterocycles. The third-order valence-corrected chi connectivity index (χ3v) is 3.88. The van der Waals surface area contributed by atoms with Crippen LogP contribution in [0.5, 0.6) is 0 Å². The van der Waals surface area contributed by atoms with Crippen LogP contribution < -0.4 is 0 Å². The topological polar surface area (TPSA) is 88.5 Å². The summed E-state index contributed by atoms with van der Waals surface area (Å²) in [6.45, 7) is 0. The van der Waals surface area contributed by atoms with Crippen molar-refractivity contribution in [3.8, 4) is 0 Å². The third-order valence-electron chi connectivity index (χ3n) is 2.00. The third kappa shape index (κ3) is 4.34. The van der Waals surface area contributed by atoms with Crippen molar-refractivity contribution in [2.45, 2.75) is 16.8 Å². The summed E-state index contributed by atoms with van der Waals surface area (Å²) in [7, 11) is -4.63. The molecule has 1 aromatic carbocycles. The summed E-state index contributed by atoms with van der Waals surface area (Å²) in [5.41, 5.74) is -2.61. The van der Waals surface area contributed by atoms with Gasteiger partial charge in [0.25, 0.3) is 10.1 Å². The highest BCUT2D eigenvalue weighted by atomic mass is 35.7. The van der Waals surface area contributed by atoms with E-state index in [1.807, 2.05) is 0 Å². The molecule has 0 radical (unpaired) electrons. The molecule has 11 heteroatoms. The molecule has 0 atom stereocenters. The van der Waals surface area contributed by atoms with Crippen molar-refractivity contribution in [3.05, 3.63) is 29.3 Å². The van der Waals surface area contributed by atoms with Gasteiger partial charge in [0.1, 0.15) is 4.90 Å². The van der Waals surface area contributed by atoms with E-state index in [1.54, 1.807) is 0 Å². The quantitative estimate of drug-likeness (QED) is 0.673. The van der Waals surface area contributed by atoms with Crippen molar-refractivity contribution < 1.29 is 34.6 Å². The summed E-state index contributed by atoms with van der Waals surface area (Å²) in [4.78, 5) is -1.42. The van der Waals surface area contributed by atoms with Crippen LogP contribution in [0.2, 0.25) is 0 Å². The Bertz CT molecular complexity index is 694. The maximum Gasteiger partial charge on any atom is 0.418 e. The second kappa shape index (κ2) is 4.93. The molecule has 0 spiro atoms. The van der Waals surface area contributed by atoms with Crippen LogP contribution in [0.15, 0.2) is 23.1 Å². The van der Waals surface area contributed by atoms with E-state index in [1.165, 1.54) is 0 Å². The molecule has 0 heterocycles. The number of halogens is 4. The molecule has 0 fully saturated rings. The van der Waals surface area contributed by atoms with Crippen LogP contribution in [0.1, 0.15) is 11.1 Å². The Morgan fingerprint density at radius 3 is 2.05 bits per heavy atom. The largest absolute Gasteiger partial charge is 0.418 e. The van der Waals surface area contributed by atoms with Crippen LogP contribution in [-0.4, -0.2) is 21.4 Å². The van der Waals surface area contributed by atoms with Crippen molar-refractivity contribution in [2.24, 2.45) is 0 Å². The average Bonchev–Trinajstić information content (AvgIpc) is 2.11. The van der Waals surface area contributed by atoms with Crippen LogP contribution >= 0.6 is 10.7 Å². The van der Waals surface area contributed by atoms with Crippen LogP contribution in [0, 0.1) is 0 Å². The Labute approximate surface area is 111 Å². The molecule has 0 aliphatic heterocycles. The van der Waals surface area contributed by atoms with Crippen molar-refractivity contribution in [1.82, 2.24) is 0 Å². The summed E-state index contributed by atoms with van der Waals surface area (Å²) >= 11 is 0. The molecule has 108 valence electrons. The zero-order valence-electron chi connectivity index (χ0n) is 8.85. The zero-order chi connectivity index (χ0) is 15.1. The van der Waals surface area contributed by atoms with Crippen LogP contribution in [0.3, 0.4) is 0 Å². The molecule has 1 rings (SSSR count). The molecule has 0 bridgehead atoms. The minimum absolute atomic E-state index is 0.516. The lowest BCUT2D eigenvalue weighted by Gasteiger charge is -2.15. The van der Waals surface area contributed by atoms with E-state index in [2.05, 4.69) is 0 Å². The van der Waals surface area contributed by atoms with Gasteiger partial charge in [-0.05, 0) is 11.6 Å². The van der Waals surface area contributed by atoms with Gasteiger partial charge in [0, 0.05) is 10.7 Å². The second-order valence-electron chi connectivity index (χ2n) is 3.45. The highest BCUT2D eigenvalue weighted by molar-refractivity contribution is 8.13. The van der Waals surface area contributed by atoms with E-state index in [4.69, 9.17) is 15.2 Å². The van der Waals surface area contributed by atoms with Crippen molar-refractivity contribution >= 4 is 29.9 Å². The molecule has 0 saturated carbocycles. The van der Waals surface area contributed by atoms with Crippen molar-refractivity contribution in [1.29, 1.82) is 0 Å². The van der Waals surface area contributed by atoms with E-state index in [9.17, 15) is 30.0 Å². The van der Waals surface area contributed by atoms with Gasteiger partial charge in [-0.15, -0.1) is 0 Å². The van der Waals surface area contributed by atoms with Gasteiger partial charge in [0.2, 0.25) is 9.05 Å². The van der Waals surface area contributed by atoms with E-state index in [0.29, 0.717) is 6.07 Å². The Balaban J connectivity index is 3.68. The summed E-state index contributed by atoms with van der Waals surface area (Å²) in [6.07, 6.45) is -5.16. The lowest BCUT2D eigenvalue weighted by molar-refractivity contribution is -0.140. The predicted molar refractivity (Wildman–Crippen MR) is 59.7 cm³/mol. The SMILES string of the molecule is O=S(=O)(Cl)Cc1cccc(S(=O)(=O)O)c1C(F)(F)F. The van der Waals surface area contributed by atoms with Gasteiger partial charge in [-0.25, -0.2) is 8.42 Å². The molecule has 1 aromatic rings. The Hall–Kier alpha value is -0.840. The highest BCUT2D eigenvalue weighted by Crippen LogP contribution is 2.37. The van der Waals surface area contributed by atoms with Crippen LogP contribution in [0.25, 0.3) is 0 Å². The predicted octanol–water partition coefficient (Wildman–Crippen LogP) is 2.02. The molecule has 0 amide bonds. The number of hydrogen-bond donors (Lipinski definition) is 1. The van der Waals surface area contributed by atoms with Crippen LogP contribution in [0.4, 0.5) is 13.2 Å². The molecular weight excluding hydrogens is 333 g/mol. The standard InChI is InChI=1S/C8H6ClF3O5S2/c9-18(13,14)4-5-2-1-3-6(19(15,16)17)7(5)8(10,11)12/h1-3H,4H2,(H,15,16,17). The van der Waals surface area contributed by atoms with E-state index in [-0.39, 0.29) is 0 Å². The maximum absolute atomic E-state index is 12.8. The molecular formula is C8H6ClF3O5S2. The van der Waals surface area contributed by atoms with Crippen molar-refractivity contribution in [3.63, 3.8) is 0 Å². The van der Waals surface area contributed by atoms with E-state index < -0.39 is 47.1 Å². The first-order chi connectivity index (χ1) is 8.32. The Kier molecular flexibility index (Phi) is 4.20. The smallest absolute Gasteiger partial charge is 0.282 e. The minimum Gasteiger partial charge on any atom is -0.282 e. The van der Waals surface area contributed by atoms with E-state index in [0.717, 1.165) is 12.1 Å². The molecule has 0 aliphatic carbocycles. The second-order valence-corrected chi connectivity index (χ2v) is 7.61. The van der Waals surface area contributed by atoms with Gasteiger partial charge in [0.15, 0.2) is 0 Å². The fourth-order valence-corrected chi connectivity index (χ4v) is 3.14. The van der Waals surface area contributed by atoms with Crippen LogP contribution in [-0.2, 0) is 31.1 Å². The lowest BCUT2D eigenvalue weighted by Crippen LogP contribution is -2.16. The number of rotatable bonds is 3. The highest BCUT2D eigenvalue weighted by Gasteiger charge is 2.39. The summed E-state index contributed by atoms with van der Waals surface area (Å²) < 4.78 is 90.6. The lowest BCUT2D eigenvalue weighted by atomic mass is 10.1. The first-order valence-electron chi connectivity index (χ1n) is 4.41. The fraction of sp³-hybridized carbons (Fsp3) is 0.250. The minimum atomic E-state index is -5.16. The molecule has 0 aliphatic rings. The van der Waals surface area contributed by atoms with Gasteiger partial charge in [-0.2, -0.15) is 21.6 Å². The summed E-state index contributed by atoms with van der Waals surface area (Å²) in [5, 5.41) is 0. The first-order valence-corrected chi connectivity index (χ1v) is 8.33. The summed E-state index contributed by atoms with van der Waals surface area (Å²) in [6, 6.07) is 2.15. The van der Waals surface area contributed by atoms with Crippen molar-refractivity contribution in [2.75, 3.05) is 0 Å². The van der Waals surface area contributed by atoms with Gasteiger partial charge in [-0.3, -0.25) is 4.55 Å². The molecule has 1 N–H and O–H groups in total. The molecule has 0 saturated heterocycles. The number of benzene rings is 1. The normalized spacial score (nSPS) is 13.5. The molecule has 19 heavy (non-hydrogen) atoms. The van der Waals surface area contributed by atoms with Gasteiger partial charge in [-0.1, -0.05) is 12.1 Å². The molecule has 0 unspecified atom stereocenters. The van der Waals surface area contributed by atoms with E-state index >= 15 is 0 Å². The van der Waals surface area contributed by atoms with Gasteiger partial charge >= 0.3 is 6.18 Å². The number of hydrogen-bond acceptors (Lipinski definition) is 4. The summed E-state index contributed by atoms with van der Waals surface area (Å²) in [5.74, 6) is -1.22. The van der Waals surface area contributed by atoms with Gasteiger partial charge in [0.05, 0.1) is 11.3 Å². The zero-order valence-corrected chi connectivity index (χ0v) is 11.2. The molecule has 5 nitrogen and oxygen atoms in total. The monoisotopic (exact) mass is 338 g/mol. The average molecular weight is 339 g/mol. The fourth-order valence-electron chi connectivity index (χ4n) is 1.42. The maximum atomic E-state index is 12.8. The Morgan fingerprint density at radius 1 is 1.16 bits per heavy atom. The first kappa shape index (κ1) is 16.2. The van der Waals surface area contributed by atoms with Gasteiger partial charge < -0.3 is 0 Å². The Morgan fingerprint density at radius 2 is 1.68 bits per heavy atom. The number of alkyl halides is 3.